The highest BCUT2D eigenvalue weighted by Gasteiger charge is 2.19. The average molecular weight is 301 g/mol. The van der Waals surface area contributed by atoms with Crippen LogP contribution in [-0.4, -0.2) is 29.2 Å². The predicted octanol–water partition coefficient (Wildman–Crippen LogP) is 2.97. The Bertz CT molecular complexity index is 615. The molecular weight excluding hydrogens is 281 g/mol. The highest BCUT2D eigenvalue weighted by Crippen LogP contribution is 2.19. The van der Waals surface area contributed by atoms with Gasteiger partial charge in [-0.3, -0.25) is 4.90 Å². The van der Waals surface area contributed by atoms with Crippen LogP contribution >= 0.6 is 0 Å². The molecule has 0 radical (unpaired) electrons. The molecule has 1 fully saturated rings. The van der Waals surface area contributed by atoms with Gasteiger partial charge in [-0.15, -0.1) is 0 Å². The molecule has 22 heavy (non-hydrogen) atoms. The minimum atomic E-state index is -0.237. The van der Waals surface area contributed by atoms with Gasteiger partial charge in [-0.05, 0) is 41.8 Å². The number of rotatable bonds is 5. The van der Waals surface area contributed by atoms with E-state index < -0.39 is 0 Å². The first-order valence-electron chi connectivity index (χ1n) is 7.56. The lowest BCUT2D eigenvalue weighted by atomic mass is 10.2. The number of ether oxygens (including phenoxy) is 1. The van der Waals surface area contributed by atoms with Crippen molar-refractivity contribution in [3.63, 3.8) is 0 Å². The molecule has 0 aromatic heterocycles. The van der Waals surface area contributed by atoms with Crippen molar-refractivity contribution in [2.24, 2.45) is 0 Å². The third kappa shape index (κ3) is 4.06. The number of halogens is 1. The van der Waals surface area contributed by atoms with Gasteiger partial charge < -0.3 is 9.84 Å². The second-order valence-electron chi connectivity index (χ2n) is 5.74. The monoisotopic (exact) mass is 301 g/mol. The summed E-state index contributed by atoms with van der Waals surface area (Å²) in [5.74, 6) is 0.570. The van der Waals surface area contributed by atoms with E-state index in [1.807, 2.05) is 18.2 Å². The Kier molecular flexibility index (Phi) is 4.71. The molecule has 0 unspecified atom stereocenters. The highest BCUT2D eigenvalue weighted by molar-refractivity contribution is 5.29. The van der Waals surface area contributed by atoms with E-state index in [0.717, 1.165) is 37.4 Å². The lowest BCUT2D eigenvalue weighted by Crippen LogP contribution is -2.21. The first kappa shape index (κ1) is 15.0. The molecule has 1 N–H and O–H groups in total. The van der Waals surface area contributed by atoms with E-state index in [1.165, 1.54) is 17.7 Å². The quantitative estimate of drug-likeness (QED) is 0.921. The average Bonchev–Trinajstić information content (AvgIpc) is 2.92. The van der Waals surface area contributed by atoms with Crippen LogP contribution < -0.4 is 4.74 Å². The SMILES string of the molecule is O[C@@H]1CCN(Cc2cccc(OCc3ccc(F)cc3)c2)C1. The van der Waals surface area contributed by atoms with Gasteiger partial charge in [0.2, 0.25) is 0 Å². The number of aliphatic hydroxyl groups is 1. The summed E-state index contributed by atoms with van der Waals surface area (Å²) in [6.45, 7) is 2.92. The largest absolute Gasteiger partial charge is 0.489 e. The van der Waals surface area contributed by atoms with Crippen LogP contribution in [0.25, 0.3) is 0 Å². The molecule has 116 valence electrons. The van der Waals surface area contributed by atoms with Crippen molar-refractivity contribution in [1.82, 2.24) is 4.90 Å². The molecule has 0 bridgehead atoms. The van der Waals surface area contributed by atoms with Crippen LogP contribution in [0.2, 0.25) is 0 Å². The van der Waals surface area contributed by atoms with E-state index >= 15 is 0 Å². The van der Waals surface area contributed by atoms with Gasteiger partial charge in [0.1, 0.15) is 18.2 Å². The summed E-state index contributed by atoms with van der Waals surface area (Å²) in [7, 11) is 0. The standard InChI is InChI=1S/C18H20FNO2/c19-16-6-4-14(5-7-16)13-22-18-3-1-2-15(10-18)11-20-9-8-17(21)12-20/h1-7,10,17,21H,8-9,11-13H2/t17-/m1/s1. The zero-order chi connectivity index (χ0) is 15.4. The predicted molar refractivity (Wildman–Crippen MR) is 83.1 cm³/mol. The van der Waals surface area contributed by atoms with E-state index in [9.17, 15) is 9.50 Å². The molecule has 0 aliphatic carbocycles. The summed E-state index contributed by atoms with van der Waals surface area (Å²) < 4.78 is 18.6. The molecule has 0 saturated carbocycles. The fourth-order valence-electron chi connectivity index (χ4n) is 2.69. The van der Waals surface area contributed by atoms with Crippen molar-refractivity contribution in [2.75, 3.05) is 13.1 Å². The fraction of sp³-hybridized carbons (Fsp3) is 0.333. The number of hydrogen-bond donors (Lipinski definition) is 1. The van der Waals surface area contributed by atoms with Gasteiger partial charge in [-0.1, -0.05) is 24.3 Å². The lowest BCUT2D eigenvalue weighted by Gasteiger charge is -2.15. The van der Waals surface area contributed by atoms with E-state index in [4.69, 9.17) is 4.74 Å². The number of likely N-dealkylation sites (tertiary alicyclic amines) is 1. The van der Waals surface area contributed by atoms with Crippen molar-refractivity contribution >= 4 is 0 Å². The minimum Gasteiger partial charge on any atom is -0.489 e. The molecule has 3 rings (SSSR count). The van der Waals surface area contributed by atoms with Crippen molar-refractivity contribution in [3.05, 3.63) is 65.5 Å². The second-order valence-corrected chi connectivity index (χ2v) is 5.74. The van der Waals surface area contributed by atoms with Crippen LogP contribution in [0.5, 0.6) is 5.75 Å². The lowest BCUT2D eigenvalue weighted by molar-refractivity contribution is 0.174. The van der Waals surface area contributed by atoms with Gasteiger partial charge in [0, 0.05) is 19.6 Å². The smallest absolute Gasteiger partial charge is 0.123 e. The second kappa shape index (κ2) is 6.90. The third-order valence-corrected chi connectivity index (χ3v) is 3.87. The van der Waals surface area contributed by atoms with Crippen molar-refractivity contribution in [1.29, 1.82) is 0 Å². The van der Waals surface area contributed by atoms with E-state index in [2.05, 4.69) is 11.0 Å². The van der Waals surface area contributed by atoms with Gasteiger partial charge in [0.05, 0.1) is 6.10 Å². The number of β-amino-alcohol motifs (C(OH)–C–C–N with tert-alkyl or cyclic N) is 1. The molecular formula is C18H20FNO2. The molecule has 0 spiro atoms. The summed E-state index contributed by atoms with van der Waals surface area (Å²) in [5.41, 5.74) is 2.11. The molecule has 4 heteroatoms. The molecule has 3 nitrogen and oxygen atoms in total. The molecule has 0 amide bonds. The summed E-state index contributed by atoms with van der Waals surface area (Å²) >= 11 is 0. The summed E-state index contributed by atoms with van der Waals surface area (Å²) in [4.78, 5) is 2.24. The molecule has 1 atom stereocenters. The van der Waals surface area contributed by atoms with Crippen LogP contribution in [0, 0.1) is 5.82 Å². The highest BCUT2D eigenvalue weighted by atomic mass is 19.1. The Morgan fingerprint density at radius 1 is 1.14 bits per heavy atom. The number of benzene rings is 2. The maximum Gasteiger partial charge on any atom is 0.123 e. The Morgan fingerprint density at radius 3 is 2.68 bits per heavy atom. The van der Waals surface area contributed by atoms with Crippen LogP contribution in [0.1, 0.15) is 17.5 Å². The first-order valence-corrected chi connectivity index (χ1v) is 7.56. The fourth-order valence-corrected chi connectivity index (χ4v) is 2.69. The normalized spacial score (nSPS) is 18.5. The van der Waals surface area contributed by atoms with Crippen LogP contribution in [0.4, 0.5) is 4.39 Å². The Hall–Kier alpha value is -1.91. The maximum atomic E-state index is 12.9. The topological polar surface area (TPSA) is 32.7 Å². The first-order chi connectivity index (χ1) is 10.7. The third-order valence-electron chi connectivity index (χ3n) is 3.87. The van der Waals surface area contributed by atoms with Gasteiger partial charge in [0.25, 0.3) is 0 Å². The van der Waals surface area contributed by atoms with Crippen LogP contribution in [-0.2, 0) is 13.2 Å². The summed E-state index contributed by atoms with van der Waals surface area (Å²) in [5, 5.41) is 9.57. The Morgan fingerprint density at radius 2 is 1.95 bits per heavy atom. The van der Waals surface area contributed by atoms with Crippen molar-refractivity contribution in [3.8, 4) is 5.75 Å². The zero-order valence-electron chi connectivity index (χ0n) is 12.4. The van der Waals surface area contributed by atoms with Crippen molar-refractivity contribution < 1.29 is 14.2 Å². The minimum absolute atomic E-state index is 0.196. The molecule has 2 aromatic rings. The van der Waals surface area contributed by atoms with E-state index in [0.29, 0.717) is 6.61 Å². The maximum absolute atomic E-state index is 12.9. The van der Waals surface area contributed by atoms with Gasteiger partial charge in [-0.25, -0.2) is 4.39 Å². The van der Waals surface area contributed by atoms with Crippen LogP contribution in [0.3, 0.4) is 0 Å². The number of nitrogens with zero attached hydrogens (tertiary/aromatic N) is 1. The molecule has 2 aromatic carbocycles. The van der Waals surface area contributed by atoms with Crippen LogP contribution in [0.15, 0.2) is 48.5 Å². The zero-order valence-corrected chi connectivity index (χ0v) is 12.4. The molecule has 1 heterocycles. The van der Waals surface area contributed by atoms with Crippen molar-refractivity contribution in [2.45, 2.75) is 25.7 Å². The molecule has 1 aliphatic heterocycles. The van der Waals surface area contributed by atoms with E-state index in [1.54, 1.807) is 12.1 Å². The summed E-state index contributed by atoms with van der Waals surface area (Å²) in [6.07, 6.45) is 0.652. The Balaban J connectivity index is 1.57. The Labute approximate surface area is 130 Å². The molecule has 1 aliphatic rings. The summed E-state index contributed by atoms with van der Waals surface area (Å²) in [6, 6.07) is 14.3. The van der Waals surface area contributed by atoms with Gasteiger partial charge in [-0.2, -0.15) is 0 Å². The van der Waals surface area contributed by atoms with Gasteiger partial charge in [0.15, 0.2) is 0 Å². The van der Waals surface area contributed by atoms with E-state index in [-0.39, 0.29) is 11.9 Å². The molecule has 1 saturated heterocycles. The number of hydrogen-bond acceptors (Lipinski definition) is 3. The van der Waals surface area contributed by atoms with Gasteiger partial charge >= 0.3 is 0 Å². The number of aliphatic hydroxyl groups excluding tert-OH is 1.